The van der Waals surface area contributed by atoms with Gasteiger partial charge in [0, 0.05) is 37.7 Å². The van der Waals surface area contributed by atoms with E-state index in [1.807, 2.05) is 20.8 Å². The van der Waals surface area contributed by atoms with E-state index in [9.17, 15) is 25.2 Å². The fourth-order valence-corrected chi connectivity index (χ4v) is 9.91. The summed E-state index contributed by atoms with van der Waals surface area (Å²) in [5.74, 6) is -4.52. The molecule has 11 heteroatoms. The summed E-state index contributed by atoms with van der Waals surface area (Å²) in [4.78, 5) is 11.8. The van der Waals surface area contributed by atoms with E-state index < -0.39 is 59.6 Å². The van der Waals surface area contributed by atoms with Gasteiger partial charge in [0.2, 0.25) is 0 Å². The first-order valence-electron chi connectivity index (χ1n) is 18.1. The molecule has 47 heavy (non-hydrogen) atoms. The minimum absolute atomic E-state index is 0.153. The van der Waals surface area contributed by atoms with Gasteiger partial charge in [-0.3, -0.25) is 4.79 Å². The summed E-state index contributed by atoms with van der Waals surface area (Å²) in [5, 5.41) is 41.8. The molecule has 5 heterocycles. The highest BCUT2D eigenvalue weighted by Gasteiger charge is 2.62. The summed E-state index contributed by atoms with van der Waals surface area (Å²) >= 11 is 0. The number of ether oxygens (including phenoxy) is 6. The molecule has 4 N–H and O–H groups in total. The Morgan fingerprint density at radius 2 is 1.72 bits per heavy atom. The van der Waals surface area contributed by atoms with E-state index in [1.165, 1.54) is 7.11 Å². The molecule has 272 valence electrons. The number of methoxy groups -OCH3 is 1. The number of carboxylic acid groups (broad SMARTS) is 1. The van der Waals surface area contributed by atoms with Crippen molar-refractivity contribution in [2.24, 2.45) is 35.5 Å². The van der Waals surface area contributed by atoms with Crippen LogP contribution in [0.1, 0.15) is 107 Å². The number of carboxylic acids is 1. The smallest absolute Gasteiger partial charge is 0.308 e. The minimum atomic E-state index is -1.56. The average Bonchev–Trinajstić information content (AvgIpc) is 3.73. The lowest BCUT2D eigenvalue weighted by molar-refractivity contribution is -0.336. The maximum absolute atomic E-state index is 11.8. The summed E-state index contributed by atoms with van der Waals surface area (Å²) in [6.07, 6.45) is 2.99. The van der Waals surface area contributed by atoms with E-state index in [0.29, 0.717) is 19.3 Å². The molecule has 5 aliphatic heterocycles. The van der Waals surface area contributed by atoms with Crippen molar-refractivity contribution < 1.29 is 53.6 Å². The number of carbonyl (C=O) groups is 1. The van der Waals surface area contributed by atoms with Gasteiger partial charge < -0.3 is 48.8 Å². The summed E-state index contributed by atoms with van der Waals surface area (Å²) in [6, 6.07) is 0. The van der Waals surface area contributed by atoms with Crippen LogP contribution in [-0.4, -0.2) is 106 Å². The quantitative estimate of drug-likeness (QED) is 0.264. The van der Waals surface area contributed by atoms with Crippen molar-refractivity contribution >= 4 is 5.97 Å². The lowest BCUT2D eigenvalue weighted by atomic mass is 9.78. The molecule has 5 fully saturated rings. The van der Waals surface area contributed by atoms with Crippen LogP contribution in [0.2, 0.25) is 0 Å². The summed E-state index contributed by atoms with van der Waals surface area (Å²) < 4.78 is 39.4. The van der Waals surface area contributed by atoms with Crippen LogP contribution in [0.4, 0.5) is 0 Å². The lowest BCUT2D eigenvalue weighted by Crippen LogP contribution is -2.57. The molecule has 0 amide bonds. The van der Waals surface area contributed by atoms with E-state index in [0.717, 1.165) is 32.1 Å². The van der Waals surface area contributed by atoms with Gasteiger partial charge in [-0.2, -0.15) is 0 Å². The van der Waals surface area contributed by atoms with Crippen LogP contribution in [0.25, 0.3) is 0 Å². The Morgan fingerprint density at radius 3 is 2.34 bits per heavy atom. The van der Waals surface area contributed by atoms with E-state index in [1.54, 1.807) is 6.92 Å². The Hall–Kier alpha value is -0.890. The van der Waals surface area contributed by atoms with Crippen molar-refractivity contribution in [1.29, 1.82) is 0 Å². The monoisotopic (exact) mass is 670 g/mol. The minimum Gasteiger partial charge on any atom is -0.481 e. The number of aliphatic carboxylic acids is 1. The van der Waals surface area contributed by atoms with E-state index >= 15 is 0 Å². The first kappa shape index (κ1) is 37.4. The second-order valence-corrected chi connectivity index (χ2v) is 16.3. The summed E-state index contributed by atoms with van der Waals surface area (Å²) in [7, 11) is 1.52. The Bertz CT molecular complexity index is 1110. The Morgan fingerprint density at radius 1 is 1.02 bits per heavy atom. The predicted molar refractivity (Wildman–Crippen MR) is 172 cm³/mol. The van der Waals surface area contributed by atoms with Gasteiger partial charge in [0.25, 0.3) is 0 Å². The molecular weight excluding hydrogens is 608 g/mol. The van der Waals surface area contributed by atoms with Crippen molar-refractivity contribution in [3.05, 3.63) is 0 Å². The molecule has 0 aromatic carbocycles. The van der Waals surface area contributed by atoms with Crippen LogP contribution in [-0.2, 0) is 33.2 Å². The number of rotatable bonds is 10. The van der Waals surface area contributed by atoms with Crippen LogP contribution in [0.3, 0.4) is 0 Å². The van der Waals surface area contributed by atoms with Crippen LogP contribution in [0.5, 0.6) is 0 Å². The van der Waals surface area contributed by atoms with Crippen molar-refractivity contribution in [3.8, 4) is 0 Å². The zero-order chi connectivity index (χ0) is 34.7. The lowest BCUT2D eigenvalue weighted by Gasteiger charge is -2.49. The number of hydrogen-bond donors (Lipinski definition) is 4. The first-order chi connectivity index (χ1) is 22.0. The fourth-order valence-electron chi connectivity index (χ4n) is 9.91. The molecule has 17 atom stereocenters. The van der Waals surface area contributed by atoms with E-state index in [2.05, 4.69) is 27.7 Å². The van der Waals surface area contributed by atoms with Gasteiger partial charge in [-0.1, -0.05) is 41.5 Å². The normalized spacial score (nSPS) is 50.9. The van der Waals surface area contributed by atoms with Gasteiger partial charge in [-0.05, 0) is 64.2 Å². The highest BCUT2D eigenvalue weighted by atomic mass is 16.7. The summed E-state index contributed by atoms with van der Waals surface area (Å²) in [6.45, 7) is 15.6. The first-order valence-corrected chi connectivity index (χ1v) is 18.1. The number of aliphatic hydroxyl groups excluding tert-OH is 2. The predicted octanol–water partition coefficient (Wildman–Crippen LogP) is 4.27. The van der Waals surface area contributed by atoms with Gasteiger partial charge in [-0.25, -0.2) is 0 Å². The van der Waals surface area contributed by atoms with Crippen LogP contribution >= 0.6 is 0 Å². The molecule has 3 unspecified atom stereocenters. The molecule has 0 aliphatic carbocycles. The second-order valence-electron chi connectivity index (χ2n) is 16.3. The highest BCUT2D eigenvalue weighted by molar-refractivity contribution is 5.70. The van der Waals surface area contributed by atoms with Crippen molar-refractivity contribution in [1.82, 2.24) is 0 Å². The standard InChI is InChI=1S/C36H62O11/c1-10-34(31-20(3)16-26(43-31)28-19(2)15-21(4)36(41,18-37)46-28)12-11-27(44-34)33(8)13-14-35(47-33)17-25(38)22(5)30(45-35)23(6)29(42-9)24(7)32(39)40/h19-31,37-38,41H,10-18H2,1-9H3,(H,39,40)/t19-,20-,21+,22+,23-,24-,25-,26+,27?,28?,29+,30-,31?,33-,34-,35+,36-/m0/s1. The molecule has 0 aromatic heterocycles. The average molecular weight is 671 g/mol. The molecule has 1 spiro atoms. The Labute approximate surface area is 281 Å². The van der Waals surface area contributed by atoms with Gasteiger partial charge in [0.05, 0.1) is 66.5 Å². The molecule has 5 saturated heterocycles. The molecule has 0 saturated carbocycles. The van der Waals surface area contributed by atoms with Gasteiger partial charge >= 0.3 is 5.97 Å². The molecule has 11 nitrogen and oxygen atoms in total. The third-order valence-electron chi connectivity index (χ3n) is 13.0. The molecular formula is C36H62O11. The highest BCUT2D eigenvalue weighted by Crippen LogP contribution is 2.55. The number of hydrogen-bond acceptors (Lipinski definition) is 10. The largest absolute Gasteiger partial charge is 0.481 e. The van der Waals surface area contributed by atoms with Crippen molar-refractivity contribution in [2.75, 3.05) is 13.7 Å². The number of aliphatic hydroxyl groups is 3. The third-order valence-corrected chi connectivity index (χ3v) is 13.0. The van der Waals surface area contributed by atoms with Gasteiger partial charge in [0.1, 0.15) is 0 Å². The summed E-state index contributed by atoms with van der Waals surface area (Å²) in [5.41, 5.74) is -1.15. The zero-order valence-corrected chi connectivity index (χ0v) is 30.0. The SMILES string of the molecule is CC[C@@]1(C2O[C@@H](C3O[C@@](O)(CO)[C@H](C)C[C@@H]3C)C[C@@H]2C)CCC([C@]2(C)CC[C@]3(C[C@H](O)[C@@H](C)[C@@H]([C@@H](C)[C@@H](OC)[C@H](C)C(=O)O)O3)O2)O1. The molecule has 5 rings (SSSR count). The Kier molecular flexibility index (Phi) is 10.9. The maximum Gasteiger partial charge on any atom is 0.308 e. The van der Waals surface area contributed by atoms with Crippen molar-refractivity contribution in [3.63, 3.8) is 0 Å². The maximum atomic E-state index is 11.8. The second kappa shape index (κ2) is 13.7. The van der Waals surface area contributed by atoms with E-state index in [-0.39, 0.29) is 54.0 Å². The fraction of sp³-hybridized carbons (Fsp3) is 0.972. The third kappa shape index (κ3) is 6.67. The molecule has 0 aromatic rings. The van der Waals surface area contributed by atoms with Crippen LogP contribution in [0.15, 0.2) is 0 Å². The zero-order valence-electron chi connectivity index (χ0n) is 30.0. The van der Waals surface area contributed by atoms with E-state index in [4.69, 9.17) is 28.4 Å². The topological polar surface area (TPSA) is 153 Å². The van der Waals surface area contributed by atoms with Gasteiger partial charge in [0.15, 0.2) is 11.6 Å². The van der Waals surface area contributed by atoms with Crippen molar-refractivity contribution in [2.45, 2.75) is 172 Å². The van der Waals surface area contributed by atoms with Crippen LogP contribution in [0, 0.1) is 35.5 Å². The Balaban J connectivity index is 1.29. The van der Waals surface area contributed by atoms with Gasteiger partial charge in [-0.15, -0.1) is 0 Å². The molecule has 0 bridgehead atoms. The molecule has 5 aliphatic rings. The van der Waals surface area contributed by atoms with Crippen LogP contribution < -0.4 is 0 Å². The molecule has 0 radical (unpaired) electrons.